The van der Waals surface area contributed by atoms with Crippen LogP contribution >= 0.6 is 0 Å². The molecule has 23 heavy (non-hydrogen) atoms. The van der Waals surface area contributed by atoms with E-state index in [1.54, 1.807) is 11.1 Å². The average molecular weight is 316 g/mol. The first kappa shape index (κ1) is 17.0. The molecule has 2 heteroatoms. The molecule has 1 aromatic rings. The molecule has 128 valence electrons. The molecule has 0 aromatic heterocycles. The number of hydrogen-bond acceptors (Lipinski definition) is 2. The number of nitrogens with zero attached hydrogens (tertiary/aromatic N) is 1. The number of rotatable bonds is 2. The summed E-state index contributed by atoms with van der Waals surface area (Å²) in [6.45, 7) is 14.7. The highest BCUT2D eigenvalue weighted by Gasteiger charge is 2.27. The third kappa shape index (κ3) is 4.16. The van der Waals surface area contributed by atoms with Gasteiger partial charge in [-0.3, -0.25) is 4.90 Å². The number of fused-ring (bicyclic) bond motifs is 1. The van der Waals surface area contributed by atoms with Crippen LogP contribution in [0.25, 0.3) is 0 Å². The summed E-state index contributed by atoms with van der Waals surface area (Å²) in [5.41, 5.74) is 4.91. The Bertz CT molecular complexity index is 535. The molecule has 1 aromatic carbocycles. The van der Waals surface area contributed by atoms with E-state index in [1.165, 1.54) is 31.4 Å². The largest absolute Gasteiger partial charge is 0.373 e. The van der Waals surface area contributed by atoms with E-state index in [1.807, 2.05) is 0 Å². The lowest BCUT2D eigenvalue weighted by Crippen LogP contribution is -2.47. The Labute approximate surface area is 142 Å². The smallest absolute Gasteiger partial charge is 0.0678 e. The third-order valence-corrected chi connectivity index (χ3v) is 5.41. The van der Waals surface area contributed by atoms with Gasteiger partial charge in [-0.25, -0.2) is 0 Å². The van der Waals surface area contributed by atoms with E-state index in [0.29, 0.717) is 12.2 Å². The second kappa shape index (κ2) is 6.57. The molecule has 1 aliphatic heterocycles. The maximum Gasteiger partial charge on any atom is 0.0678 e. The van der Waals surface area contributed by atoms with Gasteiger partial charge in [0, 0.05) is 19.6 Å². The molecule has 3 atom stereocenters. The standard InChI is InChI=1S/C21H33NO/c1-15-12-22(13-16(2)23-15)14-17-6-7-19-11-20(21(3,4)5)9-8-18(19)10-17/h8-9,11,15-17H,6-7,10,12-14H2,1-5H3. The molecular formula is C21H33NO. The van der Waals surface area contributed by atoms with Crippen LogP contribution in [0.2, 0.25) is 0 Å². The SMILES string of the molecule is CC1CN(CC2CCc3cc(C(C)(C)C)ccc3C2)CC(C)O1. The monoisotopic (exact) mass is 315 g/mol. The molecule has 2 nitrogen and oxygen atoms in total. The Morgan fingerprint density at radius 1 is 1.09 bits per heavy atom. The van der Waals surface area contributed by atoms with E-state index < -0.39 is 0 Å². The Hall–Kier alpha value is -0.860. The maximum absolute atomic E-state index is 5.87. The second-order valence-electron chi connectivity index (χ2n) is 8.82. The minimum Gasteiger partial charge on any atom is -0.373 e. The van der Waals surface area contributed by atoms with Crippen LogP contribution < -0.4 is 0 Å². The van der Waals surface area contributed by atoms with Crippen molar-refractivity contribution in [2.24, 2.45) is 5.92 Å². The van der Waals surface area contributed by atoms with E-state index in [4.69, 9.17) is 4.74 Å². The van der Waals surface area contributed by atoms with Gasteiger partial charge in [0.05, 0.1) is 12.2 Å². The molecule has 3 unspecified atom stereocenters. The lowest BCUT2D eigenvalue weighted by molar-refractivity contribution is -0.0717. The van der Waals surface area contributed by atoms with Crippen molar-refractivity contribution in [3.63, 3.8) is 0 Å². The van der Waals surface area contributed by atoms with E-state index in [9.17, 15) is 0 Å². The summed E-state index contributed by atoms with van der Waals surface area (Å²) >= 11 is 0. The number of benzene rings is 1. The van der Waals surface area contributed by atoms with Gasteiger partial charge in [0.2, 0.25) is 0 Å². The van der Waals surface area contributed by atoms with Crippen molar-refractivity contribution in [2.45, 2.75) is 71.5 Å². The summed E-state index contributed by atoms with van der Waals surface area (Å²) in [5.74, 6) is 0.806. The second-order valence-corrected chi connectivity index (χ2v) is 8.82. The molecule has 1 heterocycles. The van der Waals surface area contributed by atoms with Gasteiger partial charge in [0.15, 0.2) is 0 Å². The zero-order chi connectivity index (χ0) is 16.6. The van der Waals surface area contributed by atoms with E-state index >= 15 is 0 Å². The maximum atomic E-state index is 5.87. The van der Waals surface area contributed by atoms with Crippen LogP contribution in [0.3, 0.4) is 0 Å². The molecule has 0 spiro atoms. The summed E-state index contributed by atoms with van der Waals surface area (Å²) < 4.78 is 5.87. The normalized spacial score (nSPS) is 29.3. The molecule has 1 saturated heterocycles. The van der Waals surface area contributed by atoms with Crippen LogP contribution in [0.5, 0.6) is 0 Å². The fraction of sp³-hybridized carbons (Fsp3) is 0.714. The van der Waals surface area contributed by atoms with Crippen molar-refractivity contribution >= 4 is 0 Å². The molecule has 0 N–H and O–H groups in total. The number of hydrogen-bond donors (Lipinski definition) is 0. The molecule has 3 rings (SSSR count). The summed E-state index contributed by atoms with van der Waals surface area (Å²) in [6.07, 6.45) is 4.59. The molecular weight excluding hydrogens is 282 g/mol. The van der Waals surface area contributed by atoms with Crippen molar-refractivity contribution in [2.75, 3.05) is 19.6 Å². The van der Waals surface area contributed by atoms with Gasteiger partial charge in [-0.1, -0.05) is 39.0 Å². The van der Waals surface area contributed by atoms with Crippen molar-refractivity contribution in [1.82, 2.24) is 4.90 Å². The Morgan fingerprint density at radius 2 is 1.78 bits per heavy atom. The molecule has 0 amide bonds. The van der Waals surface area contributed by atoms with Crippen LogP contribution in [0.1, 0.15) is 57.7 Å². The van der Waals surface area contributed by atoms with Crippen molar-refractivity contribution in [3.05, 3.63) is 34.9 Å². The quantitative estimate of drug-likeness (QED) is 0.811. The highest BCUT2D eigenvalue weighted by atomic mass is 16.5. The molecule has 1 fully saturated rings. The minimum atomic E-state index is 0.256. The predicted molar refractivity (Wildman–Crippen MR) is 97.1 cm³/mol. The van der Waals surface area contributed by atoms with E-state index in [2.05, 4.69) is 57.7 Å². The van der Waals surface area contributed by atoms with E-state index in [0.717, 1.165) is 19.0 Å². The van der Waals surface area contributed by atoms with Crippen LogP contribution in [0.4, 0.5) is 0 Å². The lowest BCUT2D eigenvalue weighted by Gasteiger charge is -2.38. The highest BCUT2D eigenvalue weighted by Crippen LogP contribution is 2.31. The van der Waals surface area contributed by atoms with Gasteiger partial charge in [-0.05, 0) is 61.1 Å². The Morgan fingerprint density at radius 3 is 2.43 bits per heavy atom. The summed E-state index contributed by atoms with van der Waals surface area (Å²) in [5, 5.41) is 0. The number of morpholine rings is 1. The van der Waals surface area contributed by atoms with Crippen LogP contribution in [0.15, 0.2) is 18.2 Å². The van der Waals surface area contributed by atoms with Crippen LogP contribution in [-0.4, -0.2) is 36.7 Å². The third-order valence-electron chi connectivity index (χ3n) is 5.41. The fourth-order valence-electron chi connectivity index (χ4n) is 4.25. The Balaban J connectivity index is 1.64. The van der Waals surface area contributed by atoms with Crippen LogP contribution in [-0.2, 0) is 23.0 Å². The summed E-state index contributed by atoms with van der Waals surface area (Å²) in [6, 6.07) is 7.21. The van der Waals surface area contributed by atoms with Crippen LogP contribution in [0, 0.1) is 5.92 Å². The zero-order valence-corrected chi connectivity index (χ0v) is 15.6. The fourth-order valence-corrected chi connectivity index (χ4v) is 4.25. The summed E-state index contributed by atoms with van der Waals surface area (Å²) in [4.78, 5) is 2.62. The van der Waals surface area contributed by atoms with Crippen molar-refractivity contribution < 1.29 is 4.74 Å². The molecule has 1 aliphatic carbocycles. The lowest BCUT2D eigenvalue weighted by atomic mass is 9.79. The van der Waals surface area contributed by atoms with Gasteiger partial charge in [-0.2, -0.15) is 0 Å². The molecule has 0 saturated carbocycles. The van der Waals surface area contributed by atoms with Crippen molar-refractivity contribution in [1.29, 1.82) is 0 Å². The molecule has 2 aliphatic rings. The Kier molecular flexibility index (Phi) is 4.85. The van der Waals surface area contributed by atoms with Gasteiger partial charge in [0.1, 0.15) is 0 Å². The van der Waals surface area contributed by atoms with Crippen molar-refractivity contribution in [3.8, 4) is 0 Å². The number of aryl methyl sites for hydroxylation is 1. The number of ether oxygens (including phenoxy) is 1. The molecule has 0 radical (unpaired) electrons. The minimum absolute atomic E-state index is 0.256. The molecule has 0 bridgehead atoms. The summed E-state index contributed by atoms with van der Waals surface area (Å²) in [7, 11) is 0. The topological polar surface area (TPSA) is 12.5 Å². The predicted octanol–water partition coefficient (Wildman–Crippen LogP) is 4.20. The van der Waals surface area contributed by atoms with E-state index in [-0.39, 0.29) is 5.41 Å². The zero-order valence-electron chi connectivity index (χ0n) is 15.6. The van der Waals surface area contributed by atoms with Gasteiger partial charge in [0.25, 0.3) is 0 Å². The first-order valence-electron chi connectivity index (χ1n) is 9.31. The average Bonchev–Trinajstić information content (AvgIpc) is 2.44. The highest BCUT2D eigenvalue weighted by molar-refractivity contribution is 5.37. The van der Waals surface area contributed by atoms with Gasteiger partial charge in [-0.15, -0.1) is 0 Å². The van der Waals surface area contributed by atoms with Gasteiger partial charge < -0.3 is 4.74 Å². The first-order chi connectivity index (χ1) is 10.8. The first-order valence-corrected chi connectivity index (χ1v) is 9.31. The van der Waals surface area contributed by atoms with Gasteiger partial charge >= 0.3 is 0 Å².